The molecule has 94 valence electrons. The van der Waals surface area contributed by atoms with Crippen molar-refractivity contribution in [2.24, 2.45) is 0 Å². The predicted octanol–water partition coefficient (Wildman–Crippen LogP) is 1.27. The average Bonchev–Trinajstić information content (AvgIpc) is 2.25. The Morgan fingerprint density at radius 1 is 1.53 bits per heavy atom. The highest BCUT2D eigenvalue weighted by Crippen LogP contribution is 2.20. The van der Waals surface area contributed by atoms with Gasteiger partial charge in [-0.1, -0.05) is 16.5 Å². The Morgan fingerprint density at radius 3 is 2.65 bits per heavy atom. The third-order valence-electron chi connectivity index (χ3n) is 1.79. The molecule has 6 nitrogen and oxygen atoms in total. The van der Waals surface area contributed by atoms with E-state index < -0.39 is 16.0 Å². The van der Waals surface area contributed by atoms with Crippen LogP contribution in [0.2, 0.25) is 5.02 Å². The molecule has 0 heterocycles. The summed E-state index contributed by atoms with van der Waals surface area (Å²) in [6.07, 6.45) is 0. The largest absolute Gasteiger partial charge is 0.478 e. The van der Waals surface area contributed by atoms with Gasteiger partial charge in [-0.3, -0.25) is 4.84 Å². The van der Waals surface area contributed by atoms with E-state index in [0.717, 1.165) is 18.2 Å². The van der Waals surface area contributed by atoms with Crippen molar-refractivity contribution < 1.29 is 23.2 Å². The van der Waals surface area contributed by atoms with Crippen LogP contribution in [-0.4, -0.2) is 26.1 Å². The summed E-state index contributed by atoms with van der Waals surface area (Å²) >= 11 is 5.65. The molecule has 0 unspecified atom stereocenters. The molecule has 1 rings (SSSR count). The molecule has 0 amide bonds. The molecule has 2 N–H and O–H groups in total. The van der Waals surface area contributed by atoms with Gasteiger partial charge in [-0.2, -0.15) is 0 Å². The van der Waals surface area contributed by atoms with Crippen LogP contribution in [0.1, 0.15) is 17.3 Å². The van der Waals surface area contributed by atoms with Crippen LogP contribution in [0, 0.1) is 0 Å². The third kappa shape index (κ3) is 3.40. The lowest BCUT2D eigenvalue weighted by atomic mass is 10.2. The summed E-state index contributed by atoms with van der Waals surface area (Å²) in [7, 11) is -3.84. The number of halogens is 1. The minimum Gasteiger partial charge on any atom is -0.478 e. The lowest BCUT2D eigenvalue weighted by Crippen LogP contribution is -2.24. The van der Waals surface area contributed by atoms with Crippen LogP contribution in [0.3, 0.4) is 0 Å². The highest BCUT2D eigenvalue weighted by molar-refractivity contribution is 7.89. The van der Waals surface area contributed by atoms with Crippen LogP contribution in [0.5, 0.6) is 0 Å². The molecule has 0 fully saturated rings. The fourth-order valence-corrected chi connectivity index (χ4v) is 2.24. The first-order valence-corrected chi connectivity index (χ1v) is 6.41. The van der Waals surface area contributed by atoms with Crippen molar-refractivity contribution in [3.05, 3.63) is 28.8 Å². The van der Waals surface area contributed by atoms with Crippen LogP contribution in [0.4, 0.5) is 0 Å². The van der Waals surface area contributed by atoms with E-state index in [9.17, 15) is 13.2 Å². The number of carboxylic acid groups (broad SMARTS) is 1. The summed E-state index contributed by atoms with van der Waals surface area (Å²) in [5, 5.41) is 8.57. The molecule has 0 aliphatic rings. The molecule has 0 spiro atoms. The summed E-state index contributed by atoms with van der Waals surface area (Å²) in [6.45, 7) is 1.78. The Bertz CT molecular complexity index is 528. The summed E-state index contributed by atoms with van der Waals surface area (Å²) in [6, 6.07) is 3.30. The van der Waals surface area contributed by atoms with Crippen molar-refractivity contribution in [3.8, 4) is 0 Å². The third-order valence-corrected chi connectivity index (χ3v) is 3.32. The van der Waals surface area contributed by atoms with Gasteiger partial charge in [0.2, 0.25) is 0 Å². The van der Waals surface area contributed by atoms with Crippen molar-refractivity contribution in [2.75, 3.05) is 6.61 Å². The number of rotatable bonds is 5. The van der Waals surface area contributed by atoms with E-state index in [-0.39, 0.29) is 22.1 Å². The van der Waals surface area contributed by atoms with Crippen molar-refractivity contribution in [1.82, 2.24) is 4.89 Å². The van der Waals surface area contributed by atoms with Crippen LogP contribution in [0.25, 0.3) is 0 Å². The Hall–Kier alpha value is -1.15. The second kappa shape index (κ2) is 5.46. The normalized spacial score (nSPS) is 11.4. The maximum atomic E-state index is 11.6. The number of hydrogen-bond donors (Lipinski definition) is 2. The SMILES string of the molecule is CCONS(=O)(=O)c1ccc(C(=O)O)c(Cl)c1. The minimum atomic E-state index is -3.84. The lowest BCUT2D eigenvalue weighted by Gasteiger charge is -2.06. The van der Waals surface area contributed by atoms with Crippen LogP contribution in [-0.2, 0) is 14.9 Å². The highest BCUT2D eigenvalue weighted by Gasteiger charge is 2.17. The number of sulfonamides is 1. The van der Waals surface area contributed by atoms with Crippen molar-refractivity contribution in [1.29, 1.82) is 0 Å². The van der Waals surface area contributed by atoms with Gasteiger partial charge >= 0.3 is 5.97 Å². The van der Waals surface area contributed by atoms with Gasteiger partial charge < -0.3 is 5.11 Å². The van der Waals surface area contributed by atoms with Crippen LogP contribution in [0.15, 0.2) is 23.1 Å². The molecular formula is C9H10ClNO5S. The van der Waals surface area contributed by atoms with E-state index in [4.69, 9.17) is 16.7 Å². The monoisotopic (exact) mass is 279 g/mol. The van der Waals surface area contributed by atoms with Gasteiger partial charge in [0.1, 0.15) is 0 Å². The molecule has 8 heteroatoms. The molecule has 0 atom stereocenters. The molecular weight excluding hydrogens is 270 g/mol. The van der Waals surface area contributed by atoms with Gasteiger partial charge in [0.15, 0.2) is 0 Å². The zero-order chi connectivity index (χ0) is 13.1. The Kier molecular flexibility index (Phi) is 4.47. The minimum absolute atomic E-state index is 0.156. The Labute approximate surface area is 103 Å². The van der Waals surface area contributed by atoms with Crippen molar-refractivity contribution >= 4 is 27.6 Å². The molecule has 1 aromatic carbocycles. The smallest absolute Gasteiger partial charge is 0.337 e. The number of hydrogen-bond acceptors (Lipinski definition) is 4. The van der Waals surface area contributed by atoms with Crippen molar-refractivity contribution in [3.63, 3.8) is 0 Å². The van der Waals surface area contributed by atoms with E-state index in [1.807, 2.05) is 4.89 Å². The standard InChI is InChI=1S/C9H10ClNO5S/c1-2-16-11-17(14,15)6-3-4-7(9(12)13)8(10)5-6/h3-5,11H,2H2,1H3,(H,12,13). The van der Waals surface area contributed by atoms with Gasteiger partial charge in [-0.05, 0) is 25.1 Å². The molecule has 0 aliphatic heterocycles. The number of nitrogens with one attached hydrogen (secondary N) is 1. The van der Waals surface area contributed by atoms with Gasteiger partial charge in [-0.25, -0.2) is 13.2 Å². The van der Waals surface area contributed by atoms with Crippen molar-refractivity contribution in [2.45, 2.75) is 11.8 Å². The molecule has 0 aliphatic carbocycles. The van der Waals surface area contributed by atoms with E-state index in [1.165, 1.54) is 0 Å². The van der Waals surface area contributed by atoms with Crippen LogP contribution < -0.4 is 4.89 Å². The summed E-state index contributed by atoms with van der Waals surface area (Å²) in [5.74, 6) is -1.23. The van der Waals surface area contributed by atoms with Gasteiger partial charge in [-0.15, -0.1) is 0 Å². The molecule has 0 saturated heterocycles. The topological polar surface area (TPSA) is 92.7 Å². The maximum Gasteiger partial charge on any atom is 0.337 e. The summed E-state index contributed by atoms with van der Waals surface area (Å²) in [5.41, 5.74) is -0.165. The predicted molar refractivity (Wildman–Crippen MR) is 60.4 cm³/mol. The molecule has 17 heavy (non-hydrogen) atoms. The number of aromatic carboxylic acids is 1. The summed E-state index contributed by atoms with van der Waals surface area (Å²) in [4.78, 5) is 17.0. The highest BCUT2D eigenvalue weighted by atomic mass is 35.5. The Balaban J connectivity index is 3.09. The van der Waals surface area contributed by atoms with E-state index in [2.05, 4.69) is 4.84 Å². The lowest BCUT2D eigenvalue weighted by molar-refractivity contribution is 0.0697. The fourth-order valence-electron chi connectivity index (χ4n) is 1.02. The second-order valence-electron chi connectivity index (χ2n) is 2.97. The number of carbonyl (C=O) groups is 1. The second-order valence-corrected chi connectivity index (χ2v) is 5.02. The number of benzene rings is 1. The zero-order valence-corrected chi connectivity index (χ0v) is 10.4. The van der Waals surface area contributed by atoms with Gasteiger partial charge in [0.05, 0.1) is 22.1 Å². The van der Waals surface area contributed by atoms with E-state index in [0.29, 0.717) is 0 Å². The maximum absolute atomic E-state index is 11.6. The molecule has 0 aromatic heterocycles. The molecule has 0 saturated carbocycles. The Morgan fingerprint density at radius 2 is 2.18 bits per heavy atom. The average molecular weight is 280 g/mol. The van der Waals surface area contributed by atoms with Crippen LogP contribution >= 0.6 is 11.6 Å². The van der Waals surface area contributed by atoms with E-state index >= 15 is 0 Å². The molecule has 0 radical (unpaired) electrons. The summed E-state index contributed by atoms with van der Waals surface area (Å²) < 4.78 is 23.2. The fraction of sp³-hybridized carbons (Fsp3) is 0.222. The number of carboxylic acids is 1. The quantitative estimate of drug-likeness (QED) is 0.792. The first-order chi connectivity index (χ1) is 7.88. The first kappa shape index (κ1) is 13.9. The van der Waals surface area contributed by atoms with Gasteiger partial charge in [0, 0.05) is 0 Å². The molecule has 0 bridgehead atoms. The molecule has 1 aromatic rings. The zero-order valence-electron chi connectivity index (χ0n) is 8.81. The van der Waals surface area contributed by atoms with E-state index in [1.54, 1.807) is 6.92 Å². The van der Waals surface area contributed by atoms with Gasteiger partial charge in [0.25, 0.3) is 10.0 Å². The first-order valence-electron chi connectivity index (χ1n) is 4.55.